The molecule has 1 N–H and O–H groups in total. The van der Waals surface area contributed by atoms with Gasteiger partial charge in [0.05, 0.1) is 19.3 Å². The molecule has 2 aromatic rings. The number of nitrogens with zero attached hydrogens (tertiary/aromatic N) is 2. The van der Waals surface area contributed by atoms with Crippen molar-refractivity contribution >= 4 is 17.5 Å². The van der Waals surface area contributed by atoms with E-state index in [0.717, 1.165) is 77.3 Å². The van der Waals surface area contributed by atoms with Crippen molar-refractivity contribution in [2.45, 2.75) is 38.8 Å². The second-order valence-electron chi connectivity index (χ2n) is 8.85. The molecule has 2 saturated heterocycles. The Labute approximate surface area is 196 Å². The predicted octanol–water partition coefficient (Wildman–Crippen LogP) is 4.44. The van der Waals surface area contributed by atoms with Crippen molar-refractivity contribution in [1.82, 2.24) is 15.1 Å². The van der Waals surface area contributed by atoms with Crippen LogP contribution in [0.15, 0.2) is 42.5 Å². The van der Waals surface area contributed by atoms with E-state index in [9.17, 15) is 4.79 Å². The Morgan fingerprint density at radius 3 is 2.66 bits per heavy atom. The Morgan fingerprint density at radius 1 is 1.12 bits per heavy atom. The van der Waals surface area contributed by atoms with E-state index in [2.05, 4.69) is 34.5 Å². The van der Waals surface area contributed by atoms with Gasteiger partial charge in [-0.1, -0.05) is 41.9 Å². The van der Waals surface area contributed by atoms with Crippen LogP contribution in [-0.2, 0) is 11.3 Å². The second-order valence-corrected chi connectivity index (χ2v) is 9.25. The molecular weight excluding hydrogens is 422 g/mol. The highest BCUT2D eigenvalue weighted by atomic mass is 35.5. The van der Waals surface area contributed by atoms with Gasteiger partial charge in [0.25, 0.3) is 5.91 Å². The van der Waals surface area contributed by atoms with Crippen molar-refractivity contribution in [1.29, 1.82) is 0 Å². The normalized spacial score (nSPS) is 19.4. The van der Waals surface area contributed by atoms with Crippen molar-refractivity contribution in [3.05, 3.63) is 69.7 Å². The largest absolute Gasteiger partial charge is 0.379 e. The van der Waals surface area contributed by atoms with Crippen LogP contribution < -0.4 is 5.32 Å². The molecule has 4 rings (SSSR count). The van der Waals surface area contributed by atoms with E-state index in [-0.39, 0.29) is 11.9 Å². The van der Waals surface area contributed by atoms with Crippen LogP contribution in [0, 0.1) is 6.92 Å². The molecule has 172 valence electrons. The summed E-state index contributed by atoms with van der Waals surface area (Å²) >= 11 is 6.25. The van der Waals surface area contributed by atoms with Gasteiger partial charge in [0.1, 0.15) is 0 Å². The molecule has 2 aliphatic heterocycles. The highest BCUT2D eigenvalue weighted by Gasteiger charge is 2.30. The van der Waals surface area contributed by atoms with Crippen LogP contribution in [0.2, 0.25) is 5.02 Å². The maximum atomic E-state index is 13.1. The van der Waals surface area contributed by atoms with Crippen molar-refractivity contribution in [3.8, 4) is 0 Å². The topological polar surface area (TPSA) is 44.8 Å². The lowest BCUT2D eigenvalue weighted by atomic mass is 10.0. The molecule has 0 bridgehead atoms. The van der Waals surface area contributed by atoms with Gasteiger partial charge in [-0.2, -0.15) is 0 Å². The first-order valence-electron chi connectivity index (χ1n) is 11.8. The number of carbonyl (C=O) groups excluding carboxylic acids is 1. The first kappa shape index (κ1) is 23.2. The summed E-state index contributed by atoms with van der Waals surface area (Å²) < 4.78 is 5.40. The van der Waals surface area contributed by atoms with Gasteiger partial charge in [-0.15, -0.1) is 0 Å². The molecular formula is C26H34ClN3O2. The third-order valence-corrected chi connectivity index (χ3v) is 6.96. The molecule has 2 aromatic carbocycles. The van der Waals surface area contributed by atoms with Crippen LogP contribution in [0.4, 0.5) is 0 Å². The number of ether oxygens (including phenoxy) is 1. The van der Waals surface area contributed by atoms with Gasteiger partial charge >= 0.3 is 0 Å². The number of likely N-dealkylation sites (tertiary alicyclic amines) is 1. The Hall–Kier alpha value is -1.92. The lowest BCUT2D eigenvalue weighted by Crippen LogP contribution is -2.37. The van der Waals surface area contributed by atoms with E-state index in [1.807, 2.05) is 24.0 Å². The van der Waals surface area contributed by atoms with Gasteiger partial charge in [-0.3, -0.25) is 9.69 Å². The maximum Gasteiger partial charge on any atom is 0.254 e. The molecule has 2 fully saturated rings. The highest BCUT2D eigenvalue weighted by Crippen LogP contribution is 2.33. The van der Waals surface area contributed by atoms with E-state index in [4.69, 9.17) is 16.3 Å². The Balaban J connectivity index is 1.27. The molecule has 0 aliphatic carbocycles. The molecule has 0 spiro atoms. The van der Waals surface area contributed by atoms with Crippen LogP contribution >= 0.6 is 11.6 Å². The van der Waals surface area contributed by atoms with E-state index >= 15 is 0 Å². The first-order chi connectivity index (χ1) is 15.6. The minimum atomic E-state index is 0.0698. The summed E-state index contributed by atoms with van der Waals surface area (Å²) in [7, 11) is 0. The number of rotatable bonds is 8. The van der Waals surface area contributed by atoms with Gasteiger partial charge in [0.2, 0.25) is 0 Å². The van der Waals surface area contributed by atoms with Gasteiger partial charge in [0.15, 0.2) is 0 Å². The van der Waals surface area contributed by atoms with Gasteiger partial charge < -0.3 is 15.0 Å². The number of benzene rings is 2. The molecule has 32 heavy (non-hydrogen) atoms. The number of amides is 1. The molecule has 1 unspecified atom stereocenters. The van der Waals surface area contributed by atoms with Crippen LogP contribution in [-0.4, -0.2) is 61.6 Å². The lowest BCUT2D eigenvalue weighted by Gasteiger charge is -2.26. The van der Waals surface area contributed by atoms with E-state index < -0.39 is 0 Å². The Morgan fingerprint density at radius 2 is 1.91 bits per heavy atom. The molecule has 0 radical (unpaired) electrons. The van der Waals surface area contributed by atoms with Crippen LogP contribution in [0.25, 0.3) is 0 Å². The van der Waals surface area contributed by atoms with E-state index in [1.54, 1.807) is 6.07 Å². The number of halogens is 1. The van der Waals surface area contributed by atoms with Gasteiger partial charge in [-0.25, -0.2) is 0 Å². The second kappa shape index (κ2) is 11.3. The molecule has 1 atom stereocenters. The molecule has 5 nitrogen and oxygen atoms in total. The third-order valence-electron chi connectivity index (χ3n) is 6.56. The molecule has 0 saturated carbocycles. The van der Waals surface area contributed by atoms with Gasteiger partial charge in [-0.05, 0) is 68.1 Å². The number of hydrogen-bond donors (Lipinski definition) is 1. The summed E-state index contributed by atoms with van der Waals surface area (Å²) in [5.41, 5.74) is 4.16. The standard InChI is InChI=1S/C26H34ClN3O2/c1-20-5-8-23(18-24(20)27)26(31)30-13-2-4-25(30)22-9-6-21(7-10-22)19-28-11-3-12-29-14-16-32-17-15-29/h5-10,18,25,28H,2-4,11-17,19H2,1H3. The van der Waals surface area contributed by atoms with Crippen molar-refractivity contribution in [2.24, 2.45) is 0 Å². The average Bonchev–Trinajstić information content (AvgIpc) is 3.31. The summed E-state index contributed by atoms with van der Waals surface area (Å²) in [4.78, 5) is 17.6. The SMILES string of the molecule is Cc1ccc(C(=O)N2CCCC2c2ccc(CNCCCN3CCOCC3)cc2)cc1Cl. The number of hydrogen-bond acceptors (Lipinski definition) is 4. The minimum Gasteiger partial charge on any atom is -0.379 e. The van der Waals surface area contributed by atoms with Crippen LogP contribution in [0.3, 0.4) is 0 Å². The quantitative estimate of drug-likeness (QED) is 0.598. The fraction of sp³-hybridized carbons (Fsp3) is 0.500. The number of carbonyl (C=O) groups is 1. The minimum absolute atomic E-state index is 0.0698. The average molecular weight is 456 g/mol. The maximum absolute atomic E-state index is 13.1. The van der Waals surface area contributed by atoms with Crippen LogP contribution in [0.1, 0.15) is 52.4 Å². The zero-order valence-corrected chi connectivity index (χ0v) is 19.7. The van der Waals surface area contributed by atoms with E-state index in [1.165, 1.54) is 11.1 Å². The smallest absolute Gasteiger partial charge is 0.254 e. The number of aryl methyl sites for hydroxylation is 1. The Bertz CT molecular complexity index is 896. The van der Waals surface area contributed by atoms with Crippen LogP contribution in [0.5, 0.6) is 0 Å². The molecule has 0 aromatic heterocycles. The van der Waals surface area contributed by atoms with E-state index in [0.29, 0.717) is 10.6 Å². The summed E-state index contributed by atoms with van der Waals surface area (Å²) in [6, 6.07) is 14.5. The zero-order valence-electron chi connectivity index (χ0n) is 19.0. The third kappa shape index (κ3) is 5.90. The van der Waals surface area contributed by atoms with Crippen molar-refractivity contribution in [3.63, 3.8) is 0 Å². The summed E-state index contributed by atoms with van der Waals surface area (Å²) in [6.07, 6.45) is 3.19. The van der Waals surface area contributed by atoms with Crippen molar-refractivity contribution in [2.75, 3.05) is 45.9 Å². The fourth-order valence-electron chi connectivity index (χ4n) is 4.59. The lowest BCUT2D eigenvalue weighted by molar-refractivity contribution is 0.0374. The predicted molar refractivity (Wildman–Crippen MR) is 129 cm³/mol. The Kier molecular flexibility index (Phi) is 8.20. The number of morpholine rings is 1. The highest BCUT2D eigenvalue weighted by molar-refractivity contribution is 6.31. The molecule has 2 aliphatic rings. The molecule has 1 amide bonds. The van der Waals surface area contributed by atoms with Gasteiger partial charge in [0, 0.05) is 36.8 Å². The summed E-state index contributed by atoms with van der Waals surface area (Å²) in [5.74, 6) is 0.0698. The fourth-order valence-corrected chi connectivity index (χ4v) is 4.77. The summed E-state index contributed by atoms with van der Waals surface area (Å²) in [6.45, 7) is 9.61. The van der Waals surface area contributed by atoms with Crippen molar-refractivity contribution < 1.29 is 9.53 Å². The first-order valence-corrected chi connectivity index (χ1v) is 12.2. The molecule has 2 heterocycles. The zero-order chi connectivity index (χ0) is 22.3. The summed E-state index contributed by atoms with van der Waals surface area (Å²) in [5, 5.41) is 4.20. The molecule has 6 heteroatoms. The monoisotopic (exact) mass is 455 g/mol. The number of nitrogens with one attached hydrogen (secondary N) is 1.